The second-order valence-corrected chi connectivity index (χ2v) is 5.14. The Labute approximate surface area is 126 Å². The molecule has 0 aliphatic heterocycles. The van der Waals surface area contributed by atoms with E-state index in [4.69, 9.17) is 0 Å². The fourth-order valence-electron chi connectivity index (χ4n) is 1.62. The van der Waals surface area contributed by atoms with Gasteiger partial charge in [-0.3, -0.25) is 9.48 Å². The van der Waals surface area contributed by atoms with Gasteiger partial charge in [0.1, 0.15) is 0 Å². The molecule has 0 saturated carbocycles. The molecule has 1 amide bonds. The molecule has 0 fully saturated rings. The maximum absolute atomic E-state index is 11.4. The average molecular weight is 297 g/mol. The number of likely N-dealkylation sites (N-methyl/N-ethyl adjacent to an activating group) is 1. The summed E-state index contributed by atoms with van der Waals surface area (Å²) in [5.41, 5.74) is 0.925. The largest absolute Gasteiger partial charge is 0.354 e. The third-order valence-corrected chi connectivity index (χ3v) is 2.78. The Kier molecular flexibility index (Phi) is 8.56. The molecule has 120 valence electrons. The van der Waals surface area contributed by atoms with Crippen LogP contribution in [0.15, 0.2) is 6.20 Å². The molecule has 1 aromatic rings. The van der Waals surface area contributed by atoms with Gasteiger partial charge in [-0.1, -0.05) is 19.1 Å². The summed E-state index contributed by atoms with van der Waals surface area (Å²) >= 11 is 0. The van der Waals surface area contributed by atoms with E-state index >= 15 is 0 Å². The summed E-state index contributed by atoms with van der Waals surface area (Å²) in [4.78, 5) is 11.4. The molecule has 0 saturated heterocycles. The van der Waals surface area contributed by atoms with E-state index in [-0.39, 0.29) is 5.91 Å². The summed E-state index contributed by atoms with van der Waals surface area (Å²) in [5.74, 6) is 0.00524. The van der Waals surface area contributed by atoms with E-state index in [1.807, 2.05) is 13.2 Å². The van der Waals surface area contributed by atoms with Crippen molar-refractivity contribution in [2.24, 2.45) is 0 Å². The summed E-state index contributed by atoms with van der Waals surface area (Å²) in [5, 5.41) is 20.3. The van der Waals surface area contributed by atoms with Gasteiger partial charge in [0.25, 0.3) is 0 Å². The molecule has 1 aromatic heterocycles. The third kappa shape index (κ3) is 8.38. The van der Waals surface area contributed by atoms with Crippen molar-refractivity contribution >= 4 is 5.91 Å². The normalized spacial score (nSPS) is 11.0. The van der Waals surface area contributed by atoms with Crippen molar-refractivity contribution in [2.45, 2.75) is 33.0 Å². The zero-order valence-corrected chi connectivity index (χ0v) is 13.1. The molecule has 1 rings (SSSR count). The van der Waals surface area contributed by atoms with Gasteiger partial charge in [-0.05, 0) is 7.05 Å². The van der Waals surface area contributed by atoms with Crippen LogP contribution >= 0.6 is 0 Å². The summed E-state index contributed by atoms with van der Waals surface area (Å²) < 4.78 is 1.78. The molecule has 0 spiro atoms. The van der Waals surface area contributed by atoms with E-state index in [0.29, 0.717) is 32.2 Å². The van der Waals surface area contributed by atoms with Crippen LogP contribution in [0.2, 0.25) is 0 Å². The number of carbonyl (C=O) groups excluding carboxylic acids is 1. The summed E-state index contributed by atoms with van der Waals surface area (Å²) in [6.07, 6.45) is 1.92. The Hall–Kier alpha value is -1.51. The highest BCUT2D eigenvalue weighted by Gasteiger charge is 2.02. The first-order chi connectivity index (χ1) is 10.1. The Bertz CT molecular complexity index is 405. The van der Waals surface area contributed by atoms with Crippen molar-refractivity contribution in [3.63, 3.8) is 0 Å². The Balaban J connectivity index is 2.11. The number of nitrogens with one attached hydrogen (secondary N) is 4. The fraction of sp³-hybridized carbons (Fsp3) is 0.769. The first kappa shape index (κ1) is 17.5. The van der Waals surface area contributed by atoms with E-state index in [0.717, 1.165) is 18.8 Å². The van der Waals surface area contributed by atoms with Gasteiger partial charge in [0.15, 0.2) is 0 Å². The molecule has 0 aliphatic rings. The highest BCUT2D eigenvalue weighted by Crippen LogP contribution is 1.93. The molecular formula is C13H27N7O. The number of nitrogens with zero attached hydrogens (tertiary/aromatic N) is 3. The van der Waals surface area contributed by atoms with Crippen molar-refractivity contribution in [2.75, 3.05) is 33.2 Å². The number of rotatable bonds is 11. The summed E-state index contributed by atoms with van der Waals surface area (Å²) in [7, 11) is 1.85. The van der Waals surface area contributed by atoms with E-state index in [1.54, 1.807) is 4.68 Å². The minimum Gasteiger partial charge on any atom is -0.354 e. The molecule has 8 heteroatoms. The van der Waals surface area contributed by atoms with Crippen LogP contribution in [0.4, 0.5) is 0 Å². The van der Waals surface area contributed by atoms with Crippen LogP contribution in [-0.2, 0) is 17.9 Å². The first-order valence-electron chi connectivity index (χ1n) is 7.36. The molecule has 8 nitrogen and oxygen atoms in total. The highest BCUT2D eigenvalue weighted by atomic mass is 16.1. The van der Waals surface area contributed by atoms with Crippen LogP contribution in [0, 0.1) is 0 Å². The molecule has 0 bridgehead atoms. The van der Waals surface area contributed by atoms with E-state index in [9.17, 15) is 4.79 Å². The third-order valence-electron chi connectivity index (χ3n) is 2.78. The molecule has 4 N–H and O–H groups in total. The number of carbonyl (C=O) groups is 1. The lowest BCUT2D eigenvalue weighted by atomic mass is 10.3. The summed E-state index contributed by atoms with van der Waals surface area (Å²) in [6, 6.07) is 0.429. The molecule has 0 aromatic carbocycles. The maximum Gasteiger partial charge on any atom is 0.234 e. The van der Waals surface area contributed by atoms with Crippen LogP contribution in [0.3, 0.4) is 0 Å². The number of amides is 1. The van der Waals surface area contributed by atoms with Gasteiger partial charge in [-0.25, -0.2) is 0 Å². The zero-order valence-electron chi connectivity index (χ0n) is 13.1. The molecule has 0 unspecified atom stereocenters. The summed E-state index contributed by atoms with van der Waals surface area (Å²) in [6.45, 7) is 8.02. The predicted molar refractivity (Wildman–Crippen MR) is 81.8 cm³/mol. The quantitative estimate of drug-likeness (QED) is 0.379. The predicted octanol–water partition coefficient (Wildman–Crippen LogP) is -1.30. The topological polar surface area (TPSA) is 95.9 Å². The lowest BCUT2D eigenvalue weighted by molar-refractivity contribution is -0.120. The highest BCUT2D eigenvalue weighted by molar-refractivity contribution is 5.77. The van der Waals surface area contributed by atoms with Gasteiger partial charge in [-0.15, -0.1) is 5.10 Å². The molecule has 0 radical (unpaired) electrons. The molecule has 0 aliphatic carbocycles. The van der Waals surface area contributed by atoms with E-state index < -0.39 is 0 Å². The minimum atomic E-state index is 0.00524. The van der Waals surface area contributed by atoms with Gasteiger partial charge < -0.3 is 21.3 Å². The number of aromatic nitrogens is 3. The maximum atomic E-state index is 11.4. The number of hydrogen-bond acceptors (Lipinski definition) is 6. The Morgan fingerprint density at radius 1 is 1.33 bits per heavy atom. The second-order valence-electron chi connectivity index (χ2n) is 5.14. The zero-order chi connectivity index (χ0) is 15.5. The van der Waals surface area contributed by atoms with E-state index in [2.05, 4.69) is 45.4 Å². The molecule has 0 atom stereocenters. The number of hydrogen-bond donors (Lipinski definition) is 4. The monoisotopic (exact) mass is 297 g/mol. The van der Waals surface area contributed by atoms with Crippen LogP contribution in [0.25, 0.3) is 0 Å². The fourth-order valence-corrected chi connectivity index (χ4v) is 1.62. The van der Waals surface area contributed by atoms with Crippen LogP contribution < -0.4 is 21.3 Å². The van der Waals surface area contributed by atoms with Crippen LogP contribution in [0.5, 0.6) is 0 Å². The van der Waals surface area contributed by atoms with Crippen LogP contribution in [0.1, 0.15) is 19.5 Å². The van der Waals surface area contributed by atoms with Gasteiger partial charge in [-0.2, -0.15) is 0 Å². The van der Waals surface area contributed by atoms with Crippen LogP contribution in [-0.4, -0.2) is 60.2 Å². The van der Waals surface area contributed by atoms with Crippen molar-refractivity contribution in [3.05, 3.63) is 11.9 Å². The lowest BCUT2D eigenvalue weighted by Crippen LogP contribution is -2.38. The molecular weight excluding hydrogens is 270 g/mol. The van der Waals surface area contributed by atoms with Gasteiger partial charge in [0.05, 0.1) is 18.8 Å². The molecule has 21 heavy (non-hydrogen) atoms. The second kappa shape index (κ2) is 10.3. The van der Waals surface area contributed by atoms with Crippen molar-refractivity contribution in [1.29, 1.82) is 0 Å². The van der Waals surface area contributed by atoms with Crippen molar-refractivity contribution in [3.8, 4) is 0 Å². The van der Waals surface area contributed by atoms with Gasteiger partial charge in [0, 0.05) is 38.4 Å². The molecule has 1 heterocycles. The SMILES string of the molecule is CNCCNC(=O)CNCCn1cc(CNC(C)C)nn1. The Morgan fingerprint density at radius 3 is 2.86 bits per heavy atom. The van der Waals surface area contributed by atoms with Crippen molar-refractivity contribution in [1.82, 2.24) is 36.3 Å². The standard InChI is InChI=1S/C13H27N7O/c1-11(2)17-8-12-10-20(19-18-12)7-6-15-9-13(21)16-5-4-14-3/h10-11,14-15,17H,4-9H2,1-3H3,(H,16,21). The smallest absolute Gasteiger partial charge is 0.234 e. The minimum absolute atomic E-state index is 0.00524. The van der Waals surface area contributed by atoms with Crippen molar-refractivity contribution < 1.29 is 4.79 Å². The first-order valence-corrected chi connectivity index (χ1v) is 7.36. The average Bonchev–Trinajstić information content (AvgIpc) is 2.89. The van der Waals surface area contributed by atoms with Gasteiger partial charge in [0.2, 0.25) is 5.91 Å². The van der Waals surface area contributed by atoms with Gasteiger partial charge >= 0.3 is 0 Å². The Morgan fingerprint density at radius 2 is 2.14 bits per heavy atom. The lowest BCUT2D eigenvalue weighted by Gasteiger charge is -2.06. The van der Waals surface area contributed by atoms with E-state index in [1.165, 1.54) is 0 Å².